The maximum absolute atomic E-state index is 12.9. The van der Waals surface area contributed by atoms with Crippen molar-refractivity contribution in [3.05, 3.63) is 71.1 Å². The fourth-order valence-corrected chi connectivity index (χ4v) is 3.83. The second-order valence-electron chi connectivity index (χ2n) is 8.41. The number of aromatic nitrogens is 1. The van der Waals surface area contributed by atoms with Crippen LogP contribution < -0.4 is 20.7 Å². The van der Waals surface area contributed by atoms with E-state index in [1.54, 1.807) is 37.4 Å². The van der Waals surface area contributed by atoms with Gasteiger partial charge in [-0.15, -0.1) is 0 Å². The first-order chi connectivity index (χ1) is 16.8. The number of amides is 2. The SMILES string of the molecule is CC(Cc1ccc(Cc2cc(C(=O)N[C@H]3COc4ccc(N)cc4N(C)C3=O)no2)cc1)N=C=O. The molecule has 35 heavy (non-hydrogen) atoms. The molecule has 1 aromatic heterocycles. The maximum Gasteiger partial charge on any atom is 0.274 e. The van der Waals surface area contributed by atoms with E-state index in [4.69, 9.17) is 15.0 Å². The van der Waals surface area contributed by atoms with Crippen LogP contribution in [0.4, 0.5) is 11.4 Å². The molecule has 4 rings (SSSR count). The number of aliphatic imine (C=N–C) groups is 1. The number of isocyanates is 1. The molecule has 0 saturated heterocycles. The Balaban J connectivity index is 1.38. The number of nitrogen functional groups attached to an aromatic ring is 1. The van der Waals surface area contributed by atoms with Gasteiger partial charge in [0.15, 0.2) is 5.69 Å². The molecule has 0 radical (unpaired) electrons. The van der Waals surface area contributed by atoms with E-state index in [2.05, 4.69) is 15.5 Å². The van der Waals surface area contributed by atoms with Crippen molar-refractivity contribution in [2.45, 2.75) is 31.8 Å². The highest BCUT2D eigenvalue weighted by atomic mass is 16.5. The zero-order valence-electron chi connectivity index (χ0n) is 19.4. The van der Waals surface area contributed by atoms with E-state index < -0.39 is 11.9 Å². The van der Waals surface area contributed by atoms with Crippen molar-refractivity contribution in [3.8, 4) is 5.75 Å². The second kappa shape index (κ2) is 10.2. The molecule has 0 aliphatic carbocycles. The molecular formula is C25H25N5O5. The number of nitrogens with one attached hydrogen (secondary N) is 1. The molecule has 2 heterocycles. The fourth-order valence-electron chi connectivity index (χ4n) is 3.83. The van der Waals surface area contributed by atoms with Crippen LogP contribution in [0.25, 0.3) is 0 Å². The number of nitrogens with two attached hydrogens (primary N) is 1. The van der Waals surface area contributed by atoms with Crippen LogP contribution in [0.2, 0.25) is 0 Å². The average Bonchev–Trinajstić information content (AvgIpc) is 3.27. The summed E-state index contributed by atoms with van der Waals surface area (Å²) in [6.45, 7) is 1.82. The van der Waals surface area contributed by atoms with Crippen LogP contribution in [0.3, 0.4) is 0 Å². The van der Waals surface area contributed by atoms with Gasteiger partial charge in [0.05, 0.1) is 11.7 Å². The second-order valence-corrected chi connectivity index (χ2v) is 8.41. The lowest BCUT2D eigenvalue weighted by Crippen LogP contribution is -2.49. The van der Waals surface area contributed by atoms with Crippen LogP contribution in [0, 0.1) is 0 Å². The fraction of sp³-hybridized carbons (Fsp3) is 0.280. The van der Waals surface area contributed by atoms with Gasteiger partial charge in [0.1, 0.15) is 24.2 Å². The van der Waals surface area contributed by atoms with Gasteiger partial charge in [-0.05, 0) is 42.7 Å². The molecule has 0 bridgehead atoms. The first-order valence-corrected chi connectivity index (χ1v) is 11.0. The summed E-state index contributed by atoms with van der Waals surface area (Å²) in [5.41, 5.74) is 8.94. The molecule has 3 aromatic rings. The first-order valence-electron chi connectivity index (χ1n) is 11.0. The number of anilines is 2. The molecule has 180 valence electrons. The van der Waals surface area contributed by atoms with Gasteiger partial charge >= 0.3 is 0 Å². The van der Waals surface area contributed by atoms with Crippen molar-refractivity contribution >= 4 is 29.3 Å². The van der Waals surface area contributed by atoms with E-state index in [-0.39, 0.29) is 24.2 Å². The van der Waals surface area contributed by atoms with E-state index in [9.17, 15) is 14.4 Å². The zero-order valence-corrected chi connectivity index (χ0v) is 19.4. The van der Waals surface area contributed by atoms with Gasteiger partial charge in [-0.2, -0.15) is 0 Å². The number of benzene rings is 2. The minimum Gasteiger partial charge on any atom is -0.489 e. The van der Waals surface area contributed by atoms with Gasteiger partial charge in [0, 0.05) is 25.2 Å². The van der Waals surface area contributed by atoms with Gasteiger partial charge in [-0.25, -0.2) is 9.79 Å². The molecule has 2 atom stereocenters. The molecule has 0 spiro atoms. The number of carbonyl (C=O) groups excluding carboxylic acids is 3. The van der Waals surface area contributed by atoms with Crippen molar-refractivity contribution in [1.29, 1.82) is 0 Å². The highest BCUT2D eigenvalue weighted by molar-refractivity contribution is 6.03. The molecule has 3 N–H and O–H groups in total. The van der Waals surface area contributed by atoms with Crippen LogP contribution in [0.15, 0.2) is 58.0 Å². The molecule has 1 unspecified atom stereocenters. The van der Waals surface area contributed by atoms with E-state index in [1.165, 1.54) is 4.90 Å². The molecule has 0 saturated carbocycles. The smallest absolute Gasteiger partial charge is 0.274 e. The summed E-state index contributed by atoms with van der Waals surface area (Å²) >= 11 is 0. The van der Waals surface area contributed by atoms with Crippen LogP contribution in [-0.2, 0) is 22.4 Å². The maximum atomic E-state index is 12.9. The van der Waals surface area contributed by atoms with Crippen molar-refractivity contribution in [2.24, 2.45) is 4.99 Å². The predicted molar refractivity (Wildman–Crippen MR) is 128 cm³/mol. The standard InChI is InChI=1S/C25H25N5O5/c1-15(27-14-31)9-16-3-5-17(6-4-16)10-19-12-20(29-35-19)24(32)28-21-13-34-23-8-7-18(26)11-22(23)30(2)25(21)33/h3-8,11-12,15,21H,9-10,13,26H2,1-2H3,(H,28,32)/t15?,21-/m0/s1. The van der Waals surface area contributed by atoms with Gasteiger partial charge in [0.2, 0.25) is 6.08 Å². The highest BCUT2D eigenvalue weighted by Gasteiger charge is 2.31. The Bertz CT molecular complexity index is 1280. The summed E-state index contributed by atoms with van der Waals surface area (Å²) in [4.78, 5) is 41.1. The van der Waals surface area contributed by atoms with Crippen molar-refractivity contribution in [2.75, 3.05) is 24.3 Å². The number of likely N-dealkylation sites (N-methyl/N-ethyl adjacent to an activating group) is 1. The minimum absolute atomic E-state index is 0.0281. The van der Waals surface area contributed by atoms with Crippen LogP contribution in [-0.4, -0.2) is 48.8 Å². The minimum atomic E-state index is -0.903. The summed E-state index contributed by atoms with van der Waals surface area (Å²) in [5, 5.41) is 6.53. The normalized spacial score (nSPS) is 15.9. The molecular weight excluding hydrogens is 450 g/mol. The predicted octanol–water partition coefficient (Wildman–Crippen LogP) is 2.27. The third-order valence-electron chi connectivity index (χ3n) is 5.68. The number of carbonyl (C=O) groups is 2. The lowest BCUT2D eigenvalue weighted by molar-refractivity contribution is -0.120. The van der Waals surface area contributed by atoms with Crippen molar-refractivity contribution < 1.29 is 23.6 Å². The number of rotatable bonds is 7. The zero-order chi connectivity index (χ0) is 24.9. The molecule has 2 amide bonds. The van der Waals surface area contributed by atoms with Gasteiger partial charge in [0.25, 0.3) is 11.8 Å². The lowest BCUT2D eigenvalue weighted by atomic mass is 10.0. The van der Waals surface area contributed by atoms with Gasteiger partial charge in [-0.3, -0.25) is 9.59 Å². The first kappa shape index (κ1) is 23.7. The Kier molecular flexibility index (Phi) is 6.93. The van der Waals surface area contributed by atoms with E-state index in [1.807, 2.05) is 31.2 Å². The van der Waals surface area contributed by atoms with E-state index in [0.29, 0.717) is 35.7 Å². The number of ether oxygens (including phenoxy) is 1. The summed E-state index contributed by atoms with van der Waals surface area (Å²) < 4.78 is 11.1. The quantitative estimate of drug-likeness (QED) is 0.303. The van der Waals surface area contributed by atoms with Crippen molar-refractivity contribution in [3.63, 3.8) is 0 Å². The summed E-state index contributed by atoms with van der Waals surface area (Å²) in [7, 11) is 1.60. The van der Waals surface area contributed by atoms with E-state index >= 15 is 0 Å². The van der Waals surface area contributed by atoms with Crippen LogP contribution in [0.1, 0.15) is 34.3 Å². The monoisotopic (exact) mass is 475 g/mol. The Morgan fingerprint density at radius 1 is 1.26 bits per heavy atom. The van der Waals surface area contributed by atoms with Gasteiger partial charge in [-0.1, -0.05) is 29.4 Å². The Labute approximate surface area is 201 Å². The molecule has 1 aliphatic rings. The van der Waals surface area contributed by atoms with Crippen molar-refractivity contribution in [1.82, 2.24) is 10.5 Å². The number of fused-ring (bicyclic) bond motifs is 1. The molecule has 0 fully saturated rings. The molecule has 10 nitrogen and oxygen atoms in total. The van der Waals surface area contributed by atoms with Gasteiger partial charge < -0.3 is 25.2 Å². The largest absolute Gasteiger partial charge is 0.489 e. The summed E-state index contributed by atoms with van der Waals surface area (Å²) in [6, 6.07) is 13.3. The van der Waals surface area contributed by atoms with Crippen LogP contribution in [0.5, 0.6) is 5.75 Å². The Morgan fingerprint density at radius 3 is 2.74 bits per heavy atom. The van der Waals surface area contributed by atoms with Crippen LogP contribution >= 0.6 is 0 Å². The number of hydrogen-bond donors (Lipinski definition) is 2. The number of hydrogen-bond acceptors (Lipinski definition) is 8. The number of nitrogens with zero attached hydrogens (tertiary/aromatic N) is 3. The Morgan fingerprint density at radius 2 is 2.00 bits per heavy atom. The average molecular weight is 476 g/mol. The summed E-state index contributed by atoms with van der Waals surface area (Å²) in [5.74, 6) is 0.137. The highest BCUT2D eigenvalue weighted by Crippen LogP contribution is 2.32. The topological polar surface area (TPSA) is 140 Å². The summed E-state index contributed by atoms with van der Waals surface area (Å²) in [6.07, 6.45) is 2.65. The Hall–Kier alpha value is -4.43. The molecule has 10 heteroatoms. The molecule has 2 aromatic carbocycles. The molecule has 1 aliphatic heterocycles. The van der Waals surface area contributed by atoms with E-state index in [0.717, 1.165) is 11.1 Å². The lowest BCUT2D eigenvalue weighted by Gasteiger charge is -2.20. The third-order valence-corrected chi connectivity index (χ3v) is 5.68. The third kappa shape index (κ3) is 5.56.